The van der Waals surface area contributed by atoms with Gasteiger partial charge in [0.2, 0.25) is 5.91 Å². The van der Waals surface area contributed by atoms with Crippen LogP contribution in [0.1, 0.15) is 39.3 Å². The van der Waals surface area contributed by atoms with E-state index in [1.807, 2.05) is 20.8 Å². The molecule has 0 bridgehead atoms. The number of nitrogens with zero attached hydrogens (tertiary/aromatic N) is 3. The fourth-order valence-corrected chi connectivity index (χ4v) is 3.34. The predicted molar refractivity (Wildman–Crippen MR) is 113 cm³/mol. The number of amides is 1. The molecule has 30 heavy (non-hydrogen) atoms. The molecule has 1 aromatic carbocycles. The van der Waals surface area contributed by atoms with Gasteiger partial charge in [-0.25, -0.2) is 4.98 Å². The van der Waals surface area contributed by atoms with Crippen LogP contribution in [0.2, 0.25) is 5.02 Å². The third kappa shape index (κ3) is 4.40. The van der Waals surface area contributed by atoms with E-state index in [2.05, 4.69) is 25.2 Å². The molecule has 0 aliphatic heterocycles. The summed E-state index contributed by atoms with van der Waals surface area (Å²) in [6.07, 6.45) is -0.0107. The van der Waals surface area contributed by atoms with Crippen LogP contribution < -0.4 is 10.1 Å². The molecule has 0 aliphatic rings. The highest BCUT2D eigenvalue weighted by Crippen LogP contribution is 2.33. The molecular formula is C20H24ClN5O4. The lowest BCUT2D eigenvalue weighted by Gasteiger charge is -2.16. The Hall–Kier alpha value is -3.07. The van der Waals surface area contributed by atoms with Gasteiger partial charge in [-0.2, -0.15) is 4.63 Å². The van der Waals surface area contributed by atoms with Gasteiger partial charge in [0.1, 0.15) is 10.8 Å². The second-order valence-electron chi connectivity index (χ2n) is 7.76. The zero-order valence-corrected chi connectivity index (χ0v) is 18.3. The molecule has 2 aromatic heterocycles. The first-order valence-electron chi connectivity index (χ1n) is 9.34. The van der Waals surface area contributed by atoms with Gasteiger partial charge in [0, 0.05) is 17.4 Å². The number of carbonyl (C=O) groups excluding carboxylic acids is 2. The van der Waals surface area contributed by atoms with E-state index in [4.69, 9.17) is 16.3 Å². The molecule has 3 rings (SSSR count). The van der Waals surface area contributed by atoms with E-state index in [0.29, 0.717) is 33.5 Å². The first kappa shape index (κ1) is 21.6. The lowest BCUT2D eigenvalue weighted by Crippen LogP contribution is -2.14. The van der Waals surface area contributed by atoms with Crippen LogP contribution >= 0.6 is 11.6 Å². The van der Waals surface area contributed by atoms with Crippen molar-refractivity contribution in [2.24, 2.45) is 0 Å². The highest BCUT2D eigenvalue weighted by Gasteiger charge is 2.24. The molecule has 0 fully saturated rings. The number of methoxy groups -OCH3 is 2. The molecule has 0 radical (unpaired) electrons. The summed E-state index contributed by atoms with van der Waals surface area (Å²) in [5.41, 5.74) is 2.31. The van der Waals surface area contributed by atoms with Crippen LogP contribution in [-0.2, 0) is 19.7 Å². The Kier molecular flexibility index (Phi) is 6.02. The van der Waals surface area contributed by atoms with Crippen LogP contribution in [0, 0.1) is 0 Å². The topological polar surface area (TPSA) is 111 Å². The van der Waals surface area contributed by atoms with E-state index in [-0.39, 0.29) is 24.2 Å². The number of hydrogen-bond donors (Lipinski definition) is 2. The van der Waals surface area contributed by atoms with Crippen molar-refractivity contribution >= 4 is 34.8 Å². The number of H-pyrrole nitrogens is 1. The van der Waals surface area contributed by atoms with Crippen molar-refractivity contribution in [1.29, 1.82) is 0 Å². The monoisotopic (exact) mass is 433 g/mol. The van der Waals surface area contributed by atoms with Crippen molar-refractivity contribution in [2.75, 3.05) is 19.5 Å². The van der Waals surface area contributed by atoms with Gasteiger partial charge >= 0.3 is 5.97 Å². The molecule has 0 aliphatic carbocycles. The standard InChI is InChI=1S/C20H24ClN5O4/c1-20(2,3)17-16(21)19-23-18(25-26(19)24-17)11-6-7-13(29-4)12(10-11)22-14(27)8-9-15(28)30-5/h6-7,10,24H,8-9H2,1-5H3,(H,22,27). The summed E-state index contributed by atoms with van der Waals surface area (Å²) >= 11 is 6.49. The molecular weight excluding hydrogens is 410 g/mol. The molecule has 0 spiro atoms. The Morgan fingerprint density at radius 2 is 1.97 bits per heavy atom. The number of halogens is 1. The van der Waals surface area contributed by atoms with E-state index < -0.39 is 5.97 Å². The second kappa shape index (κ2) is 8.35. The second-order valence-corrected chi connectivity index (χ2v) is 8.14. The molecule has 0 saturated heterocycles. The predicted octanol–water partition coefficient (Wildman–Crippen LogP) is 3.58. The average Bonchev–Trinajstić information content (AvgIpc) is 3.25. The fourth-order valence-electron chi connectivity index (χ4n) is 2.89. The third-order valence-electron chi connectivity index (χ3n) is 4.51. The summed E-state index contributed by atoms with van der Waals surface area (Å²) in [7, 11) is 2.79. The molecule has 3 aromatic rings. The summed E-state index contributed by atoms with van der Waals surface area (Å²) in [6, 6.07) is 5.21. The molecule has 0 atom stereocenters. The van der Waals surface area contributed by atoms with Crippen LogP contribution in [0.15, 0.2) is 18.2 Å². The smallest absolute Gasteiger partial charge is 0.306 e. The Balaban J connectivity index is 1.89. The Bertz CT molecular complexity index is 1100. The van der Waals surface area contributed by atoms with Gasteiger partial charge in [-0.15, -0.1) is 5.10 Å². The Labute approximate surface area is 178 Å². The van der Waals surface area contributed by atoms with E-state index in [1.165, 1.54) is 18.8 Å². The average molecular weight is 434 g/mol. The molecule has 10 heteroatoms. The number of esters is 1. The molecule has 0 saturated carbocycles. The number of rotatable bonds is 6. The van der Waals surface area contributed by atoms with Gasteiger partial charge in [0.05, 0.1) is 32.0 Å². The summed E-state index contributed by atoms with van der Waals surface area (Å²) < 4.78 is 11.4. The van der Waals surface area contributed by atoms with Crippen LogP contribution in [0.25, 0.3) is 17.0 Å². The number of benzene rings is 1. The van der Waals surface area contributed by atoms with Gasteiger partial charge in [-0.3, -0.25) is 14.7 Å². The molecule has 9 nitrogen and oxygen atoms in total. The van der Waals surface area contributed by atoms with Gasteiger partial charge in [0.15, 0.2) is 11.5 Å². The minimum absolute atomic E-state index is 0.00299. The van der Waals surface area contributed by atoms with Crippen LogP contribution in [-0.4, -0.2) is 45.9 Å². The lowest BCUT2D eigenvalue weighted by atomic mass is 9.92. The van der Waals surface area contributed by atoms with Gasteiger partial charge < -0.3 is 14.8 Å². The lowest BCUT2D eigenvalue weighted by molar-refractivity contribution is -0.141. The normalized spacial score (nSPS) is 11.5. The molecule has 1 amide bonds. The van der Waals surface area contributed by atoms with Crippen LogP contribution in [0.4, 0.5) is 5.69 Å². The molecule has 0 unspecified atom stereocenters. The summed E-state index contributed by atoms with van der Waals surface area (Å²) in [6.45, 7) is 6.14. The number of anilines is 1. The quantitative estimate of drug-likeness (QED) is 0.575. The first-order chi connectivity index (χ1) is 14.1. The van der Waals surface area contributed by atoms with Crippen molar-refractivity contribution in [1.82, 2.24) is 19.8 Å². The number of carbonyl (C=O) groups is 2. The number of ether oxygens (including phenoxy) is 2. The molecule has 2 heterocycles. The number of nitrogens with one attached hydrogen (secondary N) is 2. The summed E-state index contributed by atoms with van der Waals surface area (Å²) in [4.78, 5) is 28.0. The number of aromatic nitrogens is 4. The first-order valence-corrected chi connectivity index (χ1v) is 9.71. The summed E-state index contributed by atoms with van der Waals surface area (Å²) in [5.74, 6) is 0.132. The van der Waals surface area contributed by atoms with Crippen molar-refractivity contribution in [3.63, 3.8) is 0 Å². The number of fused-ring (bicyclic) bond motifs is 1. The van der Waals surface area contributed by atoms with Crippen LogP contribution in [0.5, 0.6) is 5.75 Å². The maximum absolute atomic E-state index is 12.2. The van der Waals surface area contributed by atoms with Gasteiger partial charge in [-0.1, -0.05) is 32.4 Å². The number of aromatic amines is 1. The van der Waals surface area contributed by atoms with Gasteiger partial charge in [-0.05, 0) is 18.2 Å². The van der Waals surface area contributed by atoms with Crippen molar-refractivity contribution in [3.8, 4) is 17.1 Å². The van der Waals surface area contributed by atoms with Crippen LogP contribution in [0.3, 0.4) is 0 Å². The number of hydrogen-bond acceptors (Lipinski definition) is 6. The van der Waals surface area contributed by atoms with E-state index in [1.54, 1.807) is 18.2 Å². The summed E-state index contributed by atoms with van der Waals surface area (Å²) in [5, 5.41) is 10.9. The zero-order valence-electron chi connectivity index (χ0n) is 17.5. The minimum Gasteiger partial charge on any atom is -0.495 e. The van der Waals surface area contributed by atoms with E-state index in [9.17, 15) is 9.59 Å². The Morgan fingerprint density at radius 1 is 1.23 bits per heavy atom. The molecule has 160 valence electrons. The fraction of sp³-hybridized carbons (Fsp3) is 0.400. The minimum atomic E-state index is -0.449. The van der Waals surface area contributed by atoms with Crippen molar-refractivity contribution in [2.45, 2.75) is 39.0 Å². The van der Waals surface area contributed by atoms with Crippen molar-refractivity contribution < 1.29 is 19.1 Å². The van der Waals surface area contributed by atoms with E-state index in [0.717, 1.165) is 5.69 Å². The van der Waals surface area contributed by atoms with E-state index >= 15 is 0 Å². The maximum Gasteiger partial charge on any atom is 0.306 e. The SMILES string of the molecule is COC(=O)CCC(=O)Nc1cc(-c2nc3c(Cl)c(C(C)(C)C)[nH]n3n2)ccc1OC. The van der Waals surface area contributed by atoms with Gasteiger partial charge in [0.25, 0.3) is 0 Å². The highest BCUT2D eigenvalue weighted by molar-refractivity contribution is 6.34. The van der Waals surface area contributed by atoms with Crippen molar-refractivity contribution in [3.05, 3.63) is 28.9 Å². The maximum atomic E-state index is 12.2. The zero-order chi connectivity index (χ0) is 22.1. The highest BCUT2D eigenvalue weighted by atomic mass is 35.5. The Morgan fingerprint density at radius 3 is 2.57 bits per heavy atom. The largest absolute Gasteiger partial charge is 0.495 e. The molecule has 2 N–H and O–H groups in total. The third-order valence-corrected chi connectivity index (χ3v) is 4.86.